The zero-order valence-corrected chi connectivity index (χ0v) is 8.44. The number of carbonyl (C=O) groups is 1. The Labute approximate surface area is 83.2 Å². The molecule has 1 aromatic rings. The number of methoxy groups -OCH3 is 1. The molecule has 0 amide bonds. The Hall–Kier alpha value is -1.17. The van der Waals surface area contributed by atoms with E-state index in [1.807, 2.05) is 0 Å². The Balaban J connectivity index is 2.46. The van der Waals surface area contributed by atoms with E-state index >= 15 is 0 Å². The molecule has 0 atom stereocenters. The fourth-order valence-electron chi connectivity index (χ4n) is 0.557. The number of hydrogen-bond acceptors (Lipinski definition) is 5. The van der Waals surface area contributed by atoms with Crippen LogP contribution >= 0.6 is 15.9 Å². The SMILES string of the molecule is COC(=O)COc1ncc(Br)cn1. The van der Waals surface area contributed by atoms with E-state index in [4.69, 9.17) is 4.74 Å². The van der Waals surface area contributed by atoms with Gasteiger partial charge in [-0.3, -0.25) is 0 Å². The van der Waals surface area contributed by atoms with Gasteiger partial charge < -0.3 is 9.47 Å². The summed E-state index contributed by atoms with van der Waals surface area (Å²) in [6.07, 6.45) is 3.05. The van der Waals surface area contributed by atoms with Gasteiger partial charge in [-0.25, -0.2) is 14.8 Å². The van der Waals surface area contributed by atoms with Gasteiger partial charge >= 0.3 is 12.0 Å². The highest BCUT2D eigenvalue weighted by atomic mass is 79.9. The third kappa shape index (κ3) is 3.37. The zero-order valence-electron chi connectivity index (χ0n) is 6.86. The molecule has 0 spiro atoms. The molecule has 6 heteroatoms. The van der Waals surface area contributed by atoms with E-state index in [9.17, 15) is 4.79 Å². The van der Waals surface area contributed by atoms with Crippen molar-refractivity contribution in [1.29, 1.82) is 0 Å². The van der Waals surface area contributed by atoms with E-state index in [1.54, 1.807) is 0 Å². The van der Waals surface area contributed by atoms with Gasteiger partial charge in [-0.1, -0.05) is 0 Å². The van der Waals surface area contributed by atoms with E-state index in [1.165, 1.54) is 19.5 Å². The van der Waals surface area contributed by atoms with Gasteiger partial charge in [0.05, 0.1) is 11.6 Å². The van der Waals surface area contributed by atoms with Gasteiger partial charge in [0.2, 0.25) is 0 Å². The average Bonchev–Trinajstić information content (AvgIpc) is 2.16. The van der Waals surface area contributed by atoms with Crippen molar-refractivity contribution in [3.8, 4) is 6.01 Å². The fourth-order valence-corrected chi connectivity index (χ4v) is 0.762. The summed E-state index contributed by atoms with van der Waals surface area (Å²) in [4.78, 5) is 18.2. The molecular weight excluding hydrogens is 240 g/mol. The predicted octanol–water partition coefficient (Wildman–Crippen LogP) is 0.791. The average molecular weight is 247 g/mol. The van der Waals surface area contributed by atoms with Crippen LogP contribution in [0.3, 0.4) is 0 Å². The lowest BCUT2D eigenvalue weighted by atomic mass is 10.7. The molecule has 5 nitrogen and oxygen atoms in total. The van der Waals surface area contributed by atoms with Crippen molar-refractivity contribution < 1.29 is 14.3 Å². The van der Waals surface area contributed by atoms with Crippen molar-refractivity contribution in [3.63, 3.8) is 0 Å². The lowest BCUT2D eigenvalue weighted by Crippen LogP contribution is -2.13. The maximum Gasteiger partial charge on any atom is 0.344 e. The summed E-state index contributed by atoms with van der Waals surface area (Å²) in [6.45, 7) is -0.182. The van der Waals surface area contributed by atoms with Crippen LogP contribution in [0, 0.1) is 0 Å². The van der Waals surface area contributed by atoms with Gasteiger partial charge in [0, 0.05) is 12.4 Å². The van der Waals surface area contributed by atoms with Crippen LogP contribution in [0.15, 0.2) is 16.9 Å². The molecule has 0 saturated heterocycles. The van der Waals surface area contributed by atoms with Gasteiger partial charge in [-0.2, -0.15) is 0 Å². The van der Waals surface area contributed by atoms with Crippen molar-refractivity contribution in [1.82, 2.24) is 9.97 Å². The maximum atomic E-state index is 10.6. The molecule has 1 heterocycles. The molecule has 0 aliphatic carbocycles. The second kappa shape index (κ2) is 4.76. The molecule has 1 rings (SSSR count). The van der Waals surface area contributed by atoms with Gasteiger partial charge in [-0.05, 0) is 15.9 Å². The highest BCUT2D eigenvalue weighted by Crippen LogP contribution is 2.07. The molecule has 0 aliphatic rings. The first kappa shape index (κ1) is 9.91. The van der Waals surface area contributed by atoms with E-state index in [0.29, 0.717) is 0 Å². The van der Waals surface area contributed by atoms with Crippen LogP contribution in [0.4, 0.5) is 0 Å². The molecule has 1 aromatic heterocycles. The molecule has 0 fully saturated rings. The molecule has 0 unspecified atom stereocenters. The highest BCUT2D eigenvalue weighted by molar-refractivity contribution is 9.10. The summed E-state index contributed by atoms with van der Waals surface area (Å²) < 4.78 is 10.0. The third-order valence-corrected chi connectivity index (χ3v) is 1.55. The summed E-state index contributed by atoms with van der Waals surface area (Å²) in [7, 11) is 1.29. The van der Waals surface area contributed by atoms with Crippen LogP contribution < -0.4 is 4.74 Å². The van der Waals surface area contributed by atoms with E-state index in [-0.39, 0.29) is 12.6 Å². The summed E-state index contributed by atoms with van der Waals surface area (Å²) in [5.41, 5.74) is 0. The maximum absolute atomic E-state index is 10.6. The molecule has 13 heavy (non-hydrogen) atoms. The summed E-state index contributed by atoms with van der Waals surface area (Å²) in [5.74, 6) is -0.466. The number of ether oxygens (including phenoxy) is 2. The number of aromatic nitrogens is 2. The minimum atomic E-state index is -0.466. The second-order valence-corrected chi connectivity index (χ2v) is 2.96. The van der Waals surface area contributed by atoms with Crippen molar-refractivity contribution >= 4 is 21.9 Å². The Bertz CT molecular complexity index is 288. The number of esters is 1. The van der Waals surface area contributed by atoms with Crippen LogP contribution in [0.1, 0.15) is 0 Å². The standard InChI is InChI=1S/C7H7BrN2O3/c1-12-6(11)4-13-7-9-2-5(8)3-10-7/h2-3H,4H2,1H3. The van der Waals surface area contributed by atoms with E-state index in [2.05, 4.69) is 30.6 Å². The van der Waals surface area contributed by atoms with Gasteiger partial charge in [0.1, 0.15) is 0 Å². The van der Waals surface area contributed by atoms with Crippen LogP contribution in [0.5, 0.6) is 6.01 Å². The molecule has 70 valence electrons. The Morgan fingerprint density at radius 2 is 2.15 bits per heavy atom. The molecule has 0 saturated carbocycles. The van der Waals surface area contributed by atoms with Gasteiger partial charge in [0.15, 0.2) is 6.61 Å². The Morgan fingerprint density at radius 1 is 1.54 bits per heavy atom. The Morgan fingerprint density at radius 3 is 2.69 bits per heavy atom. The van der Waals surface area contributed by atoms with Crippen molar-refractivity contribution in [2.75, 3.05) is 13.7 Å². The van der Waals surface area contributed by atoms with Crippen LogP contribution in [-0.2, 0) is 9.53 Å². The molecule has 0 N–H and O–H groups in total. The van der Waals surface area contributed by atoms with Gasteiger partial charge in [0.25, 0.3) is 0 Å². The topological polar surface area (TPSA) is 61.3 Å². The third-order valence-electron chi connectivity index (χ3n) is 1.14. The first-order valence-electron chi connectivity index (χ1n) is 3.39. The van der Waals surface area contributed by atoms with Crippen molar-refractivity contribution in [3.05, 3.63) is 16.9 Å². The molecule has 0 bridgehead atoms. The quantitative estimate of drug-likeness (QED) is 0.739. The van der Waals surface area contributed by atoms with Crippen LogP contribution in [0.25, 0.3) is 0 Å². The lowest BCUT2D eigenvalue weighted by Gasteiger charge is -2.01. The zero-order chi connectivity index (χ0) is 9.68. The summed E-state index contributed by atoms with van der Waals surface area (Å²) >= 11 is 3.17. The largest absolute Gasteiger partial charge is 0.466 e. The van der Waals surface area contributed by atoms with E-state index < -0.39 is 5.97 Å². The number of rotatable bonds is 3. The lowest BCUT2D eigenvalue weighted by molar-refractivity contribution is -0.143. The molecular formula is C7H7BrN2O3. The van der Waals surface area contributed by atoms with Crippen molar-refractivity contribution in [2.45, 2.75) is 0 Å². The van der Waals surface area contributed by atoms with Crippen LogP contribution in [0.2, 0.25) is 0 Å². The number of hydrogen-bond donors (Lipinski definition) is 0. The highest BCUT2D eigenvalue weighted by Gasteiger charge is 2.02. The smallest absolute Gasteiger partial charge is 0.344 e. The second-order valence-electron chi connectivity index (χ2n) is 2.05. The number of nitrogens with zero attached hydrogens (tertiary/aromatic N) is 2. The van der Waals surface area contributed by atoms with Crippen LogP contribution in [-0.4, -0.2) is 29.7 Å². The number of halogens is 1. The molecule has 0 aliphatic heterocycles. The molecule has 0 aromatic carbocycles. The predicted molar refractivity (Wildman–Crippen MR) is 47.2 cm³/mol. The van der Waals surface area contributed by atoms with Crippen molar-refractivity contribution in [2.24, 2.45) is 0 Å². The van der Waals surface area contributed by atoms with E-state index in [0.717, 1.165) is 4.47 Å². The fraction of sp³-hybridized carbons (Fsp3) is 0.286. The Kier molecular flexibility index (Phi) is 3.63. The molecule has 0 radical (unpaired) electrons. The summed E-state index contributed by atoms with van der Waals surface area (Å²) in [5, 5.41) is 0. The number of carbonyl (C=O) groups excluding carboxylic acids is 1. The summed E-state index contributed by atoms with van der Waals surface area (Å²) in [6, 6.07) is 0.147. The normalized spacial score (nSPS) is 9.38. The van der Waals surface area contributed by atoms with Gasteiger partial charge in [-0.15, -0.1) is 0 Å². The first-order valence-corrected chi connectivity index (χ1v) is 4.19. The minimum Gasteiger partial charge on any atom is -0.466 e. The first-order chi connectivity index (χ1) is 6.22. The monoisotopic (exact) mass is 246 g/mol. The minimum absolute atomic E-state index is 0.147.